The van der Waals surface area contributed by atoms with Crippen molar-refractivity contribution in [2.45, 2.75) is 6.10 Å². The molecule has 3 rings (SSSR count). The van der Waals surface area contributed by atoms with Gasteiger partial charge in [0.15, 0.2) is 0 Å². The van der Waals surface area contributed by atoms with Gasteiger partial charge in [0.05, 0.1) is 16.8 Å². The molecule has 6 heteroatoms. The Morgan fingerprint density at radius 2 is 1.43 bits per heavy atom. The summed E-state index contributed by atoms with van der Waals surface area (Å²) in [5.74, 6) is -1.97. The summed E-state index contributed by atoms with van der Waals surface area (Å²) in [6.45, 7) is 0.210. The van der Waals surface area contributed by atoms with E-state index < -0.39 is 18.0 Å². The molecule has 1 heterocycles. The van der Waals surface area contributed by atoms with Gasteiger partial charge in [-0.25, -0.2) is 9.59 Å². The van der Waals surface area contributed by atoms with Gasteiger partial charge < -0.3 is 14.9 Å². The molecule has 0 fully saturated rings. The zero-order valence-electron chi connectivity index (χ0n) is 12.0. The van der Waals surface area contributed by atoms with E-state index in [4.69, 9.17) is 14.9 Å². The van der Waals surface area contributed by atoms with Crippen molar-refractivity contribution in [1.82, 2.24) is 0 Å². The second-order valence-corrected chi connectivity index (χ2v) is 5.03. The third kappa shape index (κ3) is 2.97. The van der Waals surface area contributed by atoms with Crippen LogP contribution in [0.25, 0.3) is 0 Å². The maximum Gasteiger partial charge on any atom is 0.335 e. The van der Waals surface area contributed by atoms with E-state index in [0.717, 1.165) is 11.1 Å². The number of ether oxygens (including phenoxy) is 1. The van der Waals surface area contributed by atoms with E-state index in [1.165, 1.54) is 24.3 Å². The molecule has 0 amide bonds. The van der Waals surface area contributed by atoms with Gasteiger partial charge >= 0.3 is 11.9 Å². The smallest absolute Gasteiger partial charge is 0.335 e. The lowest BCUT2D eigenvalue weighted by Gasteiger charge is -2.14. The predicted octanol–water partition coefficient (Wildman–Crippen LogP) is 2.60. The van der Waals surface area contributed by atoms with Gasteiger partial charge in [-0.2, -0.15) is 0 Å². The van der Waals surface area contributed by atoms with Crippen LogP contribution in [0.15, 0.2) is 53.5 Å². The Hall–Kier alpha value is -2.99. The van der Waals surface area contributed by atoms with Crippen LogP contribution in [0.1, 0.15) is 37.9 Å². The van der Waals surface area contributed by atoms with Crippen molar-refractivity contribution in [3.63, 3.8) is 0 Å². The Labute approximate surface area is 131 Å². The molecule has 2 aromatic carbocycles. The Kier molecular flexibility index (Phi) is 3.91. The van der Waals surface area contributed by atoms with E-state index in [9.17, 15) is 9.59 Å². The van der Waals surface area contributed by atoms with Crippen LogP contribution in [0.4, 0.5) is 0 Å². The molecule has 1 aliphatic rings. The molecule has 116 valence electrons. The van der Waals surface area contributed by atoms with Crippen molar-refractivity contribution in [1.29, 1.82) is 0 Å². The van der Waals surface area contributed by atoms with Crippen LogP contribution in [0.5, 0.6) is 0 Å². The number of rotatable bonds is 4. The Morgan fingerprint density at radius 3 is 1.96 bits per heavy atom. The molecule has 1 atom stereocenters. The molecule has 0 aromatic heterocycles. The van der Waals surface area contributed by atoms with Crippen LogP contribution in [0.2, 0.25) is 0 Å². The van der Waals surface area contributed by atoms with Crippen molar-refractivity contribution >= 4 is 17.7 Å². The molecule has 2 aromatic rings. The van der Waals surface area contributed by atoms with Gasteiger partial charge in [0.1, 0.15) is 12.8 Å². The zero-order valence-corrected chi connectivity index (χ0v) is 12.0. The van der Waals surface area contributed by atoms with Crippen LogP contribution in [0, 0.1) is 0 Å². The summed E-state index contributed by atoms with van der Waals surface area (Å²) < 4.78 is 5.62. The first-order valence-electron chi connectivity index (χ1n) is 6.89. The number of carboxylic acids is 2. The molecule has 23 heavy (non-hydrogen) atoms. The highest BCUT2D eigenvalue weighted by Crippen LogP contribution is 2.28. The van der Waals surface area contributed by atoms with Gasteiger partial charge in [0, 0.05) is 0 Å². The average Bonchev–Trinajstić information content (AvgIpc) is 3.04. The first-order chi connectivity index (χ1) is 11.1. The minimum absolute atomic E-state index is 0.204. The van der Waals surface area contributed by atoms with Crippen LogP contribution >= 0.6 is 0 Å². The summed E-state index contributed by atoms with van der Waals surface area (Å²) in [6.07, 6.45) is -0.395. The first kappa shape index (κ1) is 14.9. The minimum atomic E-state index is -0.984. The Morgan fingerprint density at radius 1 is 0.913 bits per heavy atom. The number of hydrogen-bond acceptors (Lipinski definition) is 4. The molecule has 0 saturated heterocycles. The largest absolute Gasteiger partial charge is 0.478 e. The SMILES string of the molecule is O=C(O)c1ccc(C2=NCOC2c2ccc(C(=O)O)cc2)cc1. The molecule has 0 radical (unpaired) electrons. The number of benzene rings is 2. The Balaban J connectivity index is 1.87. The highest BCUT2D eigenvalue weighted by Gasteiger charge is 2.25. The van der Waals surface area contributed by atoms with Crippen molar-refractivity contribution < 1.29 is 24.5 Å². The van der Waals surface area contributed by atoms with E-state index in [1.807, 2.05) is 0 Å². The molecule has 0 saturated carbocycles. The standard InChI is InChI=1S/C17H13NO5/c19-16(20)12-5-1-10(2-6-12)14-15(23-9-18-14)11-3-7-13(8-4-11)17(21)22/h1-8,15H,9H2,(H,19,20)(H,21,22). The molecule has 2 N–H and O–H groups in total. The molecule has 1 aliphatic heterocycles. The maximum atomic E-state index is 10.9. The average molecular weight is 311 g/mol. The summed E-state index contributed by atoms with van der Waals surface area (Å²) in [6, 6.07) is 12.8. The van der Waals surface area contributed by atoms with Gasteiger partial charge in [-0.3, -0.25) is 4.99 Å². The number of carboxylic acid groups (broad SMARTS) is 2. The second kappa shape index (κ2) is 6.02. The van der Waals surface area contributed by atoms with Gasteiger partial charge in [0.2, 0.25) is 0 Å². The lowest BCUT2D eigenvalue weighted by molar-refractivity contribution is 0.0686. The monoisotopic (exact) mass is 311 g/mol. The van der Waals surface area contributed by atoms with Crippen LogP contribution < -0.4 is 0 Å². The fraction of sp³-hybridized carbons (Fsp3) is 0.118. The van der Waals surface area contributed by atoms with E-state index in [2.05, 4.69) is 4.99 Å². The molecular weight excluding hydrogens is 298 g/mol. The fourth-order valence-electron chi connectivity index (χ4n) is 2.42. The number of aromatic carboxylic acids is 2. The first-order valence-corrected chi connectivity index (χ1v) is 6.89. The van der Waals surface area contributed by atoms with E-state index in [-0.39, 0.29) is 17.9 Å². The highest BCUT2D eigenvalue weighted by molar-refractivity contribution is 6.05. The normalized spacial score (nSPS) is 16.9. The van der Waals surface area contributed by atoms with Gasteiger partial charge in [-0.05, 0) is 35.4 Å². The minimum Gasteiger partial charge on any atom is -0.478 e. The van der Waals surface area contributed by atoms with Crippen LogP contribution in [-0.2, 0) is 4.74 Å². The maximum absolute atomic E-state index is 10.9. The van der Waals surface area contributed by atoms with Crippen molar-refractivity contribution in [2.75, 3.05) is 6.73 Å². The van der Waals surface area contributed by atoms with Gasteiger partial charge in [-0.1, -0.05) is 24.3 Å². The van der Waals surface area contributed by atoms with E-state index in [0.29, 0.717) is 5.71 Å². The summed E-state index contributed by atoms with van der Waals surface area (Å²) >= 11 is 0. The topological polar surface area (TPSA) is 96.2 Å². The molecule has 0 bridgehead atoms. The number of nitrogens with zero attached hydrogens (tertiary/aromatic N) is 1. The third-order valence-corrected chi connectivity index (χ3v) is 3.61. The Bertz CT molecular complexity index is 778. The summed E-state index contributed by atoms with van der Waals surface area (Å²) in [4.78, 5) is 26.1. The van der Waals surface area contributed by atoms with Crippen molar-refractivity contribution in [2.24, 2.45) is 4.99 Å². The molecule has 0 spiro atoms. The summed E-state index contributed by atoms with van der Waals surface area (Å²) in [5, 5.41) is 17.9. The lowest BCUT2D eigenvalue weighted by atomic mass is 9.97. The van der Waals surface area contributed by atoms with Crippen molar-refractivity contribution in [3.05, 3.63) is 70.8 Å². The van der Waals surface area contributed by atoms with Crippen molar-refractivity contribution in [3.8, 4) is 0 Å². The molecular formula is C17H13NO5. The number of hydrogen-bond donors (Lipinski definition) is 2. The van der Waals surface area contributed by atoms with Gasteiger partial charge in [0.25, 0.3) is 0 Å². The summed E-state index contributed by atoms with van der Waals surface area (Å²) in [7, 11) is 0. The van der Waals surface area contributed by atoms with Gasteiger partial charge in [-0.15, -0.1) is 0 Å². The molecule has 0 aliphatic carbocycles. The molecule has 6 nitrogen and oxygen atoms in total. The lowest BCUT2D eigenvalue weighted by Crippen LogP contribution is -2.12. The third-order valence-electron chi connectivity index (χ3n) is 3.61. The number of aliphatic imine (C=N–C) groups is 1. The predicted molar refractivity (Wildman–Crippen MR) is 82.0 cm³/mol. The number of carbonyl (C=O) groups is 2. The van der Waals surface area contributed by atoms with E-state index >= 15 is 0 Å². The van der Waals surface area contributed by atoms with E-state index in [1.54, 1.807) is 24.3 Å². The fourth-order valence-corrected chi connectivity index (χ4v) is 2.42. The second-order valence-electron chi connectivity index (χ2n) is 5.03. The quantitative estimate of drug-likeness (QED) is 0.904. The van der Waals surface area contributed by atoms with Crippen LogP contribution in [0.3, 0.4) is 0 Å². The van der Waals surface area contributed by atoms with Crippen LogP contribution in [-0.4, -0.2) is 34.6 Å². The zero-order chi connectivity index (χ0) is 16.4. The summed E-state index contributed by atoms with van der Waals surface area (Å²) in [5.41, 5.74) is 2.69. The highest BCUT2D eigenvalue weighted by atomic mass is 16.5. The molecule has 1 unspecified atom stereocenters.